The first-order valence-electron chi connectivity index (χ1n) is 7.09. The van der Waals surface area contributed by atoms with Crippen LogP contribution in [0.5, 0.6) is 0 Å². The van der Waals surface area contributed by atoms with Crippen LogP contribution < -0.4 is 0 Å². The number of hydrogen-bond donors (Lipinski definition) is 1. The maximum atomic E-state index is 10.9. The molecule has 2 fully saturated rings. The molecule has 0 aliphatic carbocycles. The van der Waals surface area contributed by atoms with Gasteiger partial charge in [0.1, 0.15) is 0 Å². The third-order valence-electron chi connectivity index (χ3n) is 4.17. The van der Waals surface area contributed by atoms with Crippen LogP contribution in [0, 0.1) is 0 Å². The number of carboxylic acids is 1. The second-order valence-corrected chi connectivity index (χ2v) is 5.33. The Morgan fingerprint density at radius 2 is 2.17 bits per heavy atom. The minimum atomic E-state index is -0.770. The van der Waals surface area contributed by atoms with Gasteiger partial charge in [0.05, 0.1) is 0 Å². The lowest BCUT2D eigenvalue weighted by Gasteiger charge is -2.43. The Hall–Kier alpha value is -0.870. The van der Waals surface area contributed by atoms with E-state index in [0.29, 0.717) is 18.0 Å². The molecule has 0 aromatic carbocycles. The molecule has 2 aliphatic rings. The summed E-state index contributed by atoms with van der Waals surface area (Å²) in [5.74, 6) is -0.770. The summed E-state index contributed by atoms with van der Waals surface area (Å²) in [4.78, 5) is 15.9. The van der Waals surface area contributed by atoms with Crippen molar-refractivity contribution in [1.29, 1.82) is 0 Å². The van der Waals surface area contributed by atoms with Crippen LogP contribution in [0.15, 0.2) is 11.6 Å². The Morgan fingerprint density at radius 1 is 1.33 bits per heavy atom. The Bertz CT molecular complexity index is 328. The van der Waals surface area contributed by atoms with E-state index in [0.717, 1.165) is 26.2 Å². The number of carbonyl (C=O) groups is 1. The fourth-order valence-electron chi connectivity index (χ4n) is 3.01. The number of carboxylic acid groups (broad SMARTS) is 1. The number of nitrogens with zero attached hydrogens (tertiary/aromatic N) is 2. The zero-order valence-electron chi connectivity index (χ0n) is 11.3. The lowest BCUT2D eigenvalue weighted by Crippen LogP contribution is -2.54. The van der Waals surface area contributed by atoms with Crippen LogP contribution in [0.25, 0.3) is 0 Å². The molecule has 0 aromatic heterocycles. The third-order valence-corrected chi connectivity index (χ3v) is 4.17. The van der Waals surface area contributed by atoms with Crippen LogP contribution in [0.1, 0.15) is 32.6 Å². The van der Waals surface area contributed by atoms with E-state index in [-0.39, 0.29) is 0 Å². The SMILES string of the molecule is CCC(=CCN1CCN2CCCCC2C1)C(=O)O. The summed E-state index contributed by atoms with van der Waals surface area (Å²) >= 11 is 0. The zero-order chi connectivity index (χ0) is 13.0. The molecule has 4 heteroatoms. The van der Waals surface area contributed by atoms with Crippen LogP contribution in [0.2, 0.25) is 0 Å². The molecular formula is C14H24N2O2. The van der Waals surface area contributed by atoms with Crippen LogP contribution in [0.3, 0.4) is 0 Å². The highest BCUT2D eigenvalue weighted by molar-refractivity contribution is 5.86. The van der Waals surface area contributed by atoms with Crippen molar-refractivity contribution in [1.82, 2.24) is 9.80 Å². The number of fused-ring (bicyclic) bond motifs is 1. The predicted molar refractivity (Wildman–Crippen MR) is 71.7 cm³/mol. The van der Waals surface area contributed by atoms with Crippen LogP contribution >= 0.6 is 0 Å². The minimum absolute atomic E-state index is 0.543. The highest BCUT2D eigenvalue weighted by atomic mass is 16.4. The van der Waals surface area contributed by atoms with E-state index >= 15 is 0 Å². The first-order valence-corrected chi connectivity index (χ1v) is 7.09. The van der Waals surface area contributed by atoms with Crippen molar-refractivity contribution in [2.45, 2.75) is 38.6 Å². The zero-order valence-corrected chi connectivity index (χ0v) is 11.3. The molecule has 0 aromatic rings. The molecule has 0 amide bonds. The molecule has 2 heterocycles. The molecule has 1 N–H and O–H groups in total. The van der Waals surface area contributed by atoms with Crippen molar-refractivity contribution >= 4 is 5.97 Å². The monoisotopic (exact) mass is 252 g/mol. The maximum absolute atomic E-state index is 10.9. The average molecular weight is 252 g/mol. The molecule has 102 valence electrons. The van der Waals surface area contributed by atoms with E-state index < -0.39 is 5.97 Å². The lowest BCUT2D eigenvalue weighted by molar-refractivity contribution is -0.132. The van der Waals surface area contributed by atoms with Crippen molar-refractivity contribution in [2.75, 3.05) is 32.7 Å². The summed E-state index contributed by atoms with van der Waals surface area (Å²) in [6.07, 6.45) is 6.49. The Kier molecular flexibility index (Phi) is 4.78. The van der Waals surface area contributed by atoms with E-state index in [1.807, 2.05) is 13.0 Å². The molecule has 18 heavy (non-hydrogen) atoms. The Labute approximate surface area is 109 Å². The van der Waals surface area contributed by atoms with Gasteiger partial charge in [-0.1, -0.05) is 19.4 Å². The van der Waals surface area contributed by atoms with Crippen molar-refractivity contribution in [3.8, 4) is 0 Å². The van der Waals surface area contributed by atoms with E-state index in [4.69, 9.17) is 5.11 Å². The summed E-state index contributed by atoms with van der Waals surface area (Å²) in [6.45, 7) is 7.27. The lowest BCUT2D eigenvalue weighted by atomic mass is 9.99. The largest absolute Gasteiger partial charge is 0.478 e. The van der Waals surface area contributed by atoms with Crippen LogP contribution in [-0.4, -0.2) is 59.6 Å². The molecule has 4 nitrogen and oxygen atoms in total. The molecule has 2 rings (SSSR count). The van der Waals surface area contributed by atoms with Crippen molar-refractivity contribution in [2.24, 2.45) is 0 Å². The summed E-state index contributed by atoms with van der Waals surface area (Å²) < 4.78 is 0. The molecule has 0 bridgehead atoms. The number of piperazine rings is 1. The van der Waals surface area contributed by atoms with Gasteiger partial charge in [-0.3, -0.25) is 9.80 Å². The van der Waals surface area contributed by atoms with Crippen molar-refractivity contribution < 1.29 is 9.90 Å². The maximum Gasteiger partial charge on any atom is 0.331 e. The quantitative estimate of drug-likeness (QED) is 0.772. The fraction of sp³-hybridized carbons (Fsp3) is 0.786. The molecule has 0 saturated carbocycles. The van der Waals surface area contributed by atoms with Gasteiger partial charge in [-0.05, 0) is 25.8 Å². The van der Waals surface area contributed by atoms with Crippen LogP contribution in [-0.2, 0) is 4.79 Å². The second kappa shape index (κ2) is 6.34. The molecule has 2 aliphatic heterocycles. The Balaban J connectivity index is 1.86. The van der Waals surface area contributed by atoms with Crippen molar-refractivity contribution in [3.05, 3.63) is 11.6 Å². The van der Waals surface area contributed by atoms with E-state index in [2.05, 4.69) is 9.80 Å². The average Bonchev–Trinajstić information content (AvgIpc) is 2.39. The van der Waals surface area contributed by atoms with Gasteiger partial charge in [0.15, 0.2) is 0 Å². The van der Waals surface area contributed by atoms with Gasteiger partial charge >= 0.3 is 5.97 Å². The first-order chi connectivity index (χ1) is 8.70. The second-order valence-electron chi connectivity index (χ2n) is 5.33. The highest BCUT2D eigenvalue weighted by Crippen LogP contribution is 2.21. The fourth-order valence-corrected chi connectivity index (χ4v) is 3.01. The number of aliphatic carboxylic acids is 1. The minimum Gasteiger partial charge on any atom is -0.478 e. The highest BCUT2D eigenvalue weighted by Gasteiger charge is 2.28. The summed E-state index contributed by atoms with van der Waals surface area (Å²) in [6, 6.07) is 0.704. The summed E-state index contributed by atoms with van der Waals surface area (Å²) in [5, 5.41) is 9.00. The molecule has 0 spiro atoms. The molecular weight excluding hydrogens is 228 g/mol. The number of piperidine rings is 1. The first kappa shape index (κ1) is 13.6. The normalized spacial score (nSPS) is 26.9. The molecule has 1 atom stereocenters. The molecule has 0 radical (unpaired) electrons. The Morgan fingerprint density at radius 3 is 2.89 bits per heavy atom. The van der Waals surface area contributed by atoms with Gasteiger partial charge in [-0.2, -0.15) is 0 Å². The van der Waals surface area contributed by atoms with E-state index in [1.165, 1.54) is 25.8 Å². The van der Waals surface area contributed by atoms with E-state index in [9.17, 15) is 4.79 Å². The summed E-state index contributed by atoms with van der Waals surface area (Å²) in [7, 11) is 0. The molecule has 1 unspecified atom stereocenters. The van der Waals surface area contributed by atoms with Gasteiger partial charge < -0.3 is 5.11 Å². The van der Waals surface area contributed by atoms with E-state index in [1.54, 1.807) is 0 Å². The van der Waals surface area contributed by atoms with Crippen LogP contribution in [0.4, 0.5) is 0 Å². The number of hydrogen-bond acceptors (Lipinski definition) is 3. The van der Waals surface area contributed by atoms with Gasteiger partial charge in [0.25, 0.3) is 0 Å². The van der Waals surface area contributed by atoms with Gasteiger partial charge in [-0.15, -0.1) is 0 Å². The summed E-state index contributed by atoms with van der Waals surface area (Å²) in [5.41, 5.74) is 0.543. The van der Waals surface area contributed by atoms with Gasteiger partial charge in [-0.25, -0.2) is 4.79 Å². The predicted octanol–water partition coefficient (Wildman–Crippen LogP) is 1.58. The van der Waals surface area contributed by atoms with Gasteiger partial charge in [0.2, 0.25) is 0 Å². The topological polar surface area (TPSA) is 43.8 Å². The third kappa shape index (κ3) is 3.33. The number of rotatable bonds is 4. The smallest absolute Gasteiger partial charge is 0.331 e. The van der Waals surface area contributed by atoms with Gasteiger partial charge in [0, 0.05) is 37.8 Å². The van der Waals surface area contributed by atoms with Crippen molar-refractivity contribution in [3.63, 3.8) is 0 Å². The molecule has 2 saturated heterocycles. The standard InChI is InChI=1S/C14H24N2O2/c1-2-12(14(17)18)6-8-15-9-10-16-7-4-3-5-13(16)11-15/h6,13H,2-5,7-11H2,1H3,(H,17,18).